The number of sulfonamides is 1. The SMILES string of the molecule is COC(C)CS(=O)(=O)Nc1cc(C(F)(F)F)c(F)cc1O. The lowest BCUT2D eigenvalue weighted by molar-refractivity contribution is -0.139. The monoisotopic (exact) mass is 331 g/mol. The van der Waals surface area contributed by atoms with Crippen molar-refractivity contribution in [2.75, 3.05) is 17.6 Å². The Labute approximate surface area is 118 Å². The first-order valence-electron chi connectivity index (χ1n) is 5.59. The van der Waals surface area contributed by atoms with Crippen molar-refractivity contribution in [1.82, 2.24) is 0 Å². The van der Waals surface area contributed by atoms with Gasteiger partial charge in [0.1, 0.15) is 11.6 Å². The molecule has 1 aromatic rings. The number of phenolic OH excluding ortho intramolecular Hbond substituents is 1. The fraction of sp³-hybridized carbons (Fsp3) is 0.455. The highest BCUT2D eigenvalue weighted by molar-refractivity contribution is 7.92. The molecule has 0 amide bonds. The number of aromatic hydroxyl groups is 1. The molecule has 0 fully saturated rings. The van der Waals surface area contributed by atoms with Gasteiger partial charge in [0.25, 0.3) is 0 Å². The largest absolute Gasteiger partial charge is 0.506 e. The fourth-order valence-corrected chi connectivity index (χ4v) is 2.78. The molecule has 1 unspecified atom stereocenters. The standard InChI is InChI=1S/C11H13F4NO4S/c1-6(20-2)5-21(18,19)16-9-3-7(11(13,14)15)8(12)4-10(9)17/h3-4,6,16-17H,5H2,1-2H3. The summed E-state index contributed by atoms with van der Waals surface area (Å²) >= 11 is 0. The number of rotatable bonds is 5. The van der Waals surface area contributed by atoms with Crippen molar-refractivity contribution in [3.05, 3.63) is 23.5 Å². The third-order valence-corrected chi connectivity index (χ3v) is 3.95. The summed E-state index contributed by atoms with van der Waals surface area (Å²) < 4.78 is 80.6. The highest BCUT2D eigenvalue weighted by Gasteiger charge is 2.35. The van der Waals surface area contributed by atoms with Crippen LogP contribution in [0.1, 0.15) is 12.5 Å². The Morgan fingerprint density at radius 2 is 1.95 bits per heavy atom. The molecule has 0 aromatic heterocycles. The molecule has 0 aliphatic carbocycles. The van der Waals surface area contributed by atoms with Crippen LogP contribution >= 0.6 is 0 Å². The zero-order chi connectivity index (χ0) is 16.4. The maximum absolute atomic E-state index is 13.1. The lowest BCUT2D eigenvalue weighted by atomic mass is 10.1. The third kappa shape index (κ3) is 4.74. The van der Waals surface area contributed by atoms with Gasteiger partial charge in [0.05, 0.1) is 23.1 Å². The second-order valence-electron chi connectivity index (χ2n) is 4.28. The minimum absolute atomic E-state index is 0.194. The van der Waals surface area contributed by atoms with Gasteiger partial charge in [0, 0.05) is 13.2 Å². The van der Waals surface area contributed by atoms with E-state index in [9.17, 15) is 31.1 Å². The van der Waals surface area contributed by atoms with Crippen molar-refractivity contribution in [2.24, 2.45) is 0 Å². The van der Waals surface area contributed by atoms with Crippen molar-refractivity contribution >= 4 is 15.7 Å². The quantitative estimate of drug-likeness (QED) is 0.641. The molecule has 5 nitrogen and oxygen atoms in total. The second-order valence-corrected chi connectivity index (χ2v) is 6.04. The molecule has 2 N–H and O–H groups in total. The first-order chi connectivity index (χ1) is 9.46. The first-order valence-corrected chi connectivity index (χ1v) is 7.24. The average Bonchev–Trinajstić information content (AvgIpc) is 2.30. The van der Waals surface area contributed by atoms with E-state index >= 15 is 0 Å². The maximum atomic E-state index is 13.1. The molecular weight excluding hydrogens is 318 g/mol. The van der Waals surface area contributed by atoms with E-state index in [4.69, 9.17) is 4.74 Å². The molecule has 1 atom stereocenters. The van der Waals surface area contributed by atoms with Gasteiger partial charge in [-0.3, -0.25) is 4.72 Å². The molecule has 0 heterocycles. The van der Waals surface area contributed by atoms with Crippen LogP contribution in [0.25, 0.3) is 0 Å². The maximum Gasteiger partial charge on any atom is 0.419 e. The van der Waals surface area contributed by atoms with Gasteiger partial charge in [-0.15, -0.1) is 0 Å². The molecule has 120 valence electrons. The number of phenols is 1. The van der Waals surface area contributed by atoms with Crippen LogP contribution in [0, 0.1) is 5.82 Å². The van der Waals surface area contributed by atoms with Gasteiger partial charge in [-0.05, 0) is 13.0 Å². The lowest BCUT2D eigenvalue weighted by Gasteiger charge is -2.15. The Hall–Kier alpha value is -1.55. The fourth-order valence-electron chi connectivity index (χ4n) is 1.45. The molecule has 0 radical (unpaired) electrons. The van der Waals surface area contributed by atoms with E-state index in [0.29, 0.717) is 0 Å². The zero-order valence-electron chi connectivity index (χ0n) is 11.0. The van der Waals surface area contributed by atoms with E-state index in [1.165, 1.54) is 14.0 Å². The van der Waals surface area contributed by atoms with Crippen LogP contribution in [-0.4, -0.2) is 32.5 Å². The molecule has 0 saturated carbocycles. The molecule has 21 heavy (non-hydrogen) atoms. The summed E-state index contributed by atoms with van der Waals surface area (Å²) in [7, 11) is -2.81. The average molecular weight is 331 g/mol. The molecule has 0 aliphatic rings. The van der Waals surface area contributed by atoms with Crippen LogP contribution in [0.2, 0.25) is 0 Å². The predicted octanol–water partition coefficient (Wildman–Crippen LogP) is 2.33. The molecule has 0 bridgehead atoms. The van der Waals surface area contributed by atoms with Crippen molar-refractivity contribution in [3.63, 3.8) is 0 Å². The van der Waals surface area contributed by atoms with Gasteiger partial charge in [-0.1, -0.05) is 0 Å². The Morgan fingerprint density at radius 1 is 1.38 bits per heavy atom. The number of alkyl halides is 3. The van der Waals surface area contributed by atoms with Crippen LogP contribution < -0.4 is 4.72 Å². The third-order valence-electron chi connectivity index (χ3n) is 2.51. The normalized spacial score (nSPS) is 14.0. The summed E-state index contributed by atoms with van der Waals surface area (Å²) in [4.78, 5) is 0. The predicted molar refractivity (Wildman–Crippen MR) is 66.9 cm³/mol. The number of nitrogens with one attached hydrogen (secondary N) is 1. The van der Waals surface area contributed by atoms with Gasteiger partial charge in [0.2, 0.25) is 10.0 Å². The van der Waals surface area contributed by atoms with Gasteiger partial charge in [-0.2, -0.15) is 13.2 Å². The van der Waals surface area contributed by atoms with E-state index in [-0.39, 0.29) is 12.1 Å². The van der Waals surface area contributed by atoms with E-state index in [1.54, 1.807) is 4.72 Å². The van der Waals surface area contributed by atoms with Gasteiger partial charge < -0.3 is 9.84 Å². The number of hydrogen-bond acceptors (Lipinski definition) is 4. The van der Waals surface area contributed by atoms with Crippen LogP contribution in [0.4, 0.5) is 23.2 Å². The molecule has 0 aliphatic heterocycles. The molecule has 0 spiro atoms. The number of ether oxygens (including phenoxy) is 1. The summed E-state index contributed by atoms with van der Waals surface area (Å²) in [6, 6.07) is 0.389. The van der Waals surface area contributed by atoms with Gasteiger partial charge in [-0.25, -0.2) is 12.8 Å². The number of methoxy groups -OCH3 is 1. The van der Waals surface area contributed by atoms with E-state index in [2.05, 4.69) is 0 Å². The van der Waals surface area contributed by atoms with Crippen LogP contribution in [0.5, 0.6) is 5.75 Å². The smallest absolute Gasteiger partial charge is 0.419 e. The Balaban J connectivity index is 3.15. The van der Waals surface area contributed by atoms with E-state index < -0.39 is 50.9 Å². The van der Waals surface area contributed by atoms with Crippen molar-refractivity contribution < 1.29 is 35.8 Å². The number of halogens is 4. The number of anilines is 1. The summed E-state index contributed by atoms with van der Waals surface area (Å²) in [6.07, 6.45) is -5.73. The number of hydrogen-bond donors (Lipinski definition) is 2. The van der Waals surface area contributed by atoms with E-state index in [1.807, 2.05) is 0 Å². The Morgan fingerprint density at radius 3 is 2.43 bits per heavy atom. The summed E-state index contributed by atoms with van der Waals surface area (Å²) in [5, 5.41) is 9.37. The second kappa shape index (κ2) is 6.06. The van der Waals surface area contributed by atoms with Gasteiger partial charge >= 0.3 is 6.18 Å². The molecule has 0 saturated heterocycles. The molecule has 1 rings (SSSR count). The summed E-state index contributed by atoms with van der Waals surface area (Å²) in [5.41, 5.74) is -2.44. The Bertz CT molecular complexity index is 615. The van der Waals surface area contributed by atoms with Crippen molar-refractivity contribution in [2.45, 2.75) is 19.2 Å². The minimum atomic E-state index is -5.02. The number of benzene rings is 1. The molecular formula is C11H13F4NO4S. The summed E-state index contributed by atoms with van der Waals surface area (Å²) in [6.45, 7) is 1.44. The Kier molecular flexibility index (Phi) is 5.05. The van der Waals surface area contributed by atoms with Crippen molar-refractivity contribution in [1.29, 1.82) is 0 Å². The highest BCUT2D eigenvalue weighted by Crippen LogP contribution is 2.37. The minimum Gasteiger partial charge on any atom is -0.506 e. The van der Waals surface area contributed by atoms with Gasteiger partial charge in [0.15, 0.2) is 0 Å². The van der Waals surface area contributed by atoms with E-state index in [0.717, 1.165) is 0 Å². The topological polar surface area (TPSA) is 75.6 Å². The highest BCUT2D eigenvalue weighted by atomic mass is 32.2. The van der Waals surface area contributed by atoms with Crippen LogP contribution in [0.3, 0.4) is 0 Å². The zero-order valence-corrected chi connectivity index (χ0v) is 11.8. The lowest BCUT2D eigenvalue weighted by Crippen LogP contribution is -2.25. The van der Waals surface area contributed by atoms with Crippen LogP contribution in [-0.2, 0) is 20.9 Å². The van der Waals surface area contributed by atoms with Crippen LogP contribution in [0.15, 0.2) is 12.1 Å². The first kappa shape index (κ1) is 17.5. The summed E-state index contributed by atoms with van der Waals surface area (Å²) in [5.74, 6) is -3.19. The molecule has 10 heteroatoms. The van der Waals surface area contributed by atoms with Crippen molar-refractivity contribution in [3.8, 4) is 5.75 Å². The molecule has 1 aromatic carbocycles.